The molecule has 0 fully saturated rings. The summed E-state index contributed by atoms with van der Waals surface area (Å²) < 4.78 is 0. The fraction of sp³-hybridized carbons (Fsp3) is 0.692. The van der Waals surface area contributed by atoms with Gasteiger partial charge in [-0.3, -0.25) is 0 Å². The molecule has 0 amide bonds. The van der Waals surface area contributed by atoms with Crippen molar-refractivity contribution in [1.82, 2.24) is 9.97 Å². The maximum atomic E-state index is 9.12. The van der Waals surface area contributed by atoms with E-state index in [4.69, 9.17) is 5.11 Å². The second kappa shape index (κ2) is 7.87. The summed E-state index contributed by atoms with van der Waals surface area (Å²) in [5.41, 5.74) is 0. The predicted octanol–water partition coefficient (Wildman–Crippen LogP) is 1.68. The van der Waals surface area contributed by atoms with Crippen LogP contribution in [-0.2, 0) is 6.42 Å². The number of aliphatic hydroxyl groups excluding tert-OH is 1. The second-order valence-corrected chi connectivity index (χ2v) is 4.24. The summed E-state index contributed by atoms with van der Waals surface area (Å²) in [6.45, 7) is 5.89. The van der Waals surface area contributed by atoms with Gasteiger partial charge in [0.2, 0.25) is 0 Å². The first-order valence-corrected chi connectivity index (χ1v) is 6.66. The van der Waals surface area contributed by atoms with E-state index in [0.717, 1.165) is 43.3 Å². The van der Waals surface area contributed by atoms with E-state index in [2.05, 4.69) is 34.0 Å². The summed E-state index contributed by atoms with van der Waals surface area (Å²) in [7, 11) is 1.86. The largest absolute Gasteiger partial charge is 0.395 e. The fourth-order valence-electron chi connectivity index (χ4n) is 1.84. The van der Waals surface area contributed by atoms with Gasteiger partial charge >= 0.3 is 0 Å². The van der Waals surface area contributed by atoms with Crippen molar-refractivity contribution in [1.29, 1.82) is 0 Å². The van der Waals surface area contributed by atoms with Crippen molar-refractivity contribution in [2.24, 2.45) is 0 Å². The van der Waals surface area contributed by atoms with Crippen molar-refractivity contribution >= 4 is 11.6 Å². The highest BCUT2D eigenvalue weighted by atomic mass is 16.3. The Balaban J connectivity index is 2.99. The van der Waals surface area contributed by atoms with Gasteiger partial charge in [-0.05, 0) is 12.8 Å². The zero-order valence-electron chi connectivity index (χ0n) is 11.6. The smallest absolute Gasteiger partial charge is 0.134 e. The second-order valence-electron chi connectivity index (χ2n) is 4.24. The first kappa shape index (κ1) is 14.7. The molecule has 1 heterocycles. The number of nitrogens with one attached hydrogen (secondary N) is 1. The molecule has 0 bridgehead atoms. The summed E-state index contributed by atoms with van der Waals surface area (Å²) in [5.74, 6) is 2.59. The minimum absolute atomic E-state index is 0.141. The van der Waals surface area contributed by atoms with Gasteiger partial charge in [0.1, 0.15) is 17.5 Å². The average Bonchev–Trinajstić information content (AvgIpc) is 2.38. The quantitative estimate of drug-likeness (QED) is 0.737. The van der Waals surface area contributed by atoms with Gasteiger partial charge < -0.3 is 15.3 Å². The van der Waals surface area contributed by atoms with E-state index < -0.39 is 0 Å². The Morgan fingerprint density at radius 2 is 2.00 bits per heavy atom. The van der Waals surface area contributed by atoms with E-state index in [0.29, 0.717) is 6.54 Å². The average molecular weight is 252 g/mol. The molecule has 5 heteroatoms. The van der Waals surface area contributed by atoms with Crippen molar-refractivity contribution in [2.75, 3.05) is 37.0 Å². The zero-order chi connectivity index (χ0) is 13.4. The van der Waals surface area contributed by atoms with E-state index in [-0.39, 0.29) is 6.61 Å². The summed E-state index contributed by atoms with van der Waals surface area (Å²) in [5, 5.41) is 12.2. The lowest BCUT2D eigenvalue weighted by Gasteiger charge is -2.23. The highest BCUT2D eigenvalue weighted by Crippen LogP contribution is 2.16. The molecule has 2 N–H and O–H groups in total. The van der Waals surface area contributed by atoms with Crippen LogP contribution >= 0.6 is 0 Å². The van der Waals surface area contributed by atoms with Crippen LogP contribution < -0.4 is 10.2 Å². The molecule has 0 radical (unpaired) electrons. The van der Waals surface area contributed by atoms with E-state index in [9.17, 15) is 0 Å². The van der Waals surface area contributed by atoms with Gasteiger partial charge in [0.05, 0.1) is 6.61 Å². The SMILES string of the molecule is CCCc1nc(NC)cc(N(CCC)CCO)n1. The Bertz CT molecular complexity index is 351. The molecule has 0 saturated carbocycles. The lowest BCUT2D eigenvalue weighted by molar-refractivity contribution is 0.301. The zero-order valence-corrected chi connectivity index (χ0v) is 11.6. The summed E-state index contributed by atoms with van der Waals surface area (Å²) in [6, 6.07) is 1.94. The van der Waals surface area contributed by atoms with Crippen LogP contribution in [0, 0.1) is 0 Å². The molecule has 0 aromatic carbocycles. The van der Waals surface area contributed by atoms with Gasteiger partial charge in [0.15, 0.2) is 0 Å². The van der Waals surface area contributed by atoms with Crippen molar-refractivity contribution < 1.29 is 5.11 Å². The Morgan fingerprint density at radius 1 is 1.22 bits per heavy atom. The highest BCUT2D eigenvalue weighted by Gasteiger charge is 2.10. The van der Waals surface area contributed by atoms with Gasteiger partial charge in [0.25, 0.3) is 0 Å². The van der Waals surface area contributed by atoms with Crippen LogP contribution in [0.1, 0.15) is 32.5 Å². The molecule has 5 nitrogen and oxygen atoms in total. The molecule has 1 aromatic heterocycles. The number of hydrogen-bond acceptors (Lipinski definition) is 5. The number of aryl methyl sites for hydroxylation is 1. The molecule has 0 spiro atoms. The third-order valence-electron chi connectivity index (χ3n) is 2.68. The molecule has 102 valence electrons. The minimum atomic E-state index is 0.141. The fourth-order valence-corrected chi connectivity index (χ4v) is 1.84. The molecule has 0 aliphatic carbocycles. The van der Waals surface area contributed by atoms with Crippen molar-refractivity contribution in [3.05, 3.63) is 11.9 Å². The first-order valence-electron chi connectivity index (χ1n) is 6.66. The first-order chi connectivity index (χ1) is 8.74. The Labute approximate surface area is 109 Å². The lowest BCUT2D eigenvalue weighted by atomic mass is 10.3. The lowest BCUT2D eigenvalue weighted by Crippen LogP contribution is -2.28. The van der Waals surface area contributed by atoms with Crippen molar-refractivity contribution in [2.45, 2.75) is 33.1 Å². The number of anilines is 2. The van der Waals surface area contributed by atoms with Crippen LogP contribution in [0.5, 0.6) is 0 Å². The molecule has 18 heavy (non-hydrogen) atoms. The molecular weight excluding hydrogens is 228 g/mol. The summed E-state index contributed by atoms with van der Waals surface area (Å²) in [4.78, 5) is 11.1. The molecule has 0 aliphatic rings. The summed E-state index contributed by atoms with van der Waals surface area (Å²) >= 11 is 0. The van der Waals surface area contributed by atoms with Gasteiger partial charge in [-0.2, -0.15) is 0 Å². The normalized spacial score (nSPS) is 10.4. The van der Waals surface area contributed by atoms with Crippen LogP contribution in [0.25, 0.3) is 0 Å². The van der Waals surface area contributed by atoms with E-state index >= 15 is 0 Å². The standard InChI is InChI=1S/C13H24N4O/c1-4-6-11-15-12(14-3)10-13(16-11)17(7-5-2)8-9-18/h10,18H,4-9H2,1-3H3,(H,14,15,16). The van der Waals surface area contributed by atoms with Crippen LogP contribution in [0.4, 0.5) is 11.6 Å². The van der Waals surface area contributed by atoms with Crippen LogP contribution in [-0.4, -0.2) is 41.8 Å². The predicted molar refractivity (Wildman–Crippen MR) is 75.2 cm³/mol. The Kier molecular flexibility index (Phi) is 6.43. The third-order valence-corrected chi connectivity index (χ3v) is 2.68. The Morgan fingerprint density at radius 3 is 2.56 bits per heavy atom. The molecule has 0 atom stereocenters. The number of nitrogens with zero attached hydrogens (tertiary/aromatic N) is 3. The van der Waals surface area contributed by atoms with E-state index in [1.54, 1.807) is 0 Å². The van der Waals surface area contributed by atoms with Gasteiger partial charge in [-0.25, -0.2) is 9.97 Å². The summed E-state index contributed by atoms with van der Waals surface area (Å²) in [6.07, 6.45) is 2.93. The maximum Gasteiger partial charge on any atom is 0.134 e. The maximum absolute atomic E-state index is 9.12. The molecule has 0 aliphatic heterocycles. The molecule has 0 unspecified atom stereocenters. The molecule has 1 aromatic rings. The molecule has 1 rings (SSSR count). The van der Waals surface area contributed by atoms with E-state index in [1.807, 2.05) is 13.1 Å². The van der Waals surface area contributed by atoms with Gasteiger partial charge in [-0.15, -0.1) is 0 Å². The van der Waals surface area contributed by atoms with Gasteiger partial charge in [0, 0.05) is 32.6 Å². The van der Waals surface area contributed by atoms with Crippen LogP contribution in [0.3, 0.4) is 0 Å². The molecule has 0 saturated heterocycles. The molecular formula is C13H24N4O. The van der Waals surface area contributed by atoms with Crippen LogP contribution in [0.15, 0.2) is 6.07 Å². The third kappa shape index (κ3) is 4.14. The van der Waals surface area contributed by atoms with Gasteiger partial charge in [-0.1, -0.05) is 13.8 Å². The van der Waals surface area contributed by atoms with Crippen LogP contribution in [0.2, 0.25) is 0 Å². The number of rotatable bonds is 8. The van der Waals surface area contributed by atoms with Crippen molar-refractivity contribution in [3.8, 4) is 0 Å². The number of hydrogen-bond donors (Lipinski definition) is 2. The van der Waals surface area contributed by atoms with Crippen molar-refractivity contribution in [3.63, 3.8) is 0 Å². The number of aromatic nitrogens is 2. The minimum Gasteiger partial charge on any atom is -0.395 e. The Hall–Kier alpha value is -1.36. The number of aliphatic hydroxyl groups is 1. The monoisotopic (exact) mass is 252 g/mol. The highest BCUT2D eigenvalue weighted by molar-refractivity contribution is 5.49. The van der Waals surface area contributed by atoms with E-state index in [1.165, 1.54) is 0 Å². The topological polar surface area (TPSA) is 61.3 Å².